The van der Waals surface area contributed by atoms with Crippen LogP contribution in [0, 0.1) is 34.0 Å². The summed E-state index contributed by atoms with van der Waals surface area (Å²) in [4.78, 5) is 2.40. The molecule has 0 bridgehead atoms. The predicted octanol–water partition coefficient (Wildman–Crippen LogP) is 10.5. The summed E-state index contributed by atoms with van der Waals surface area (Å²) in [6, 6.07) is 50.0. The van der Waals surface area contributed by atoms with Gasteiger partial charge in [-0.2, -0.15) is 15.8 Å². The lowest BCUT2D eigenvalue weighted by atomic mass is 9.90. The summed E-state index contributed by atoms with van der Waals surface area (Å²) in [7, 11) is 0. The van der Waals surface area contributed by atoms with Gasteiger partial charge in [-0.05, 0) is 82.9 Å². The molecule has 2 aliphatic rings. The highest BCUT2D eigenvalue weighted by Crippen LogP contribution is 2.50. The summed E-state index contributed by atoms with van der Waals surface area (Å²) in [6.45, 7) is 0. The predicted molar refractivity (Wildman–Crippen MR) is 199 cm³/mol. The SMILES string of the molecule is N#Cc1ccc2c(c1)C1C=CC=CC1N2c1ccccc1-c1cccc(-c2ccc(-n3c4ccccc4c4ccc(C#N)cc43)c(C#N)c2)c1. The van der Waals surface area contributed by atoms with Crippen molar-refractivity contribution >= 4 is 33.2 Å². The Morgan fingerprint density at radius 3 is 2.10 bits per heavy atom. The smallest absolute Gasteiger partial charge is 0.101 e. The van der Waals surface area contributed by atoms with Gasteiger partial charge in [-0.25, -0.2) is 0 Å². The number of benzene rings is 6. The molecule has 0 saturated carbocycles. The Balaban J connectivity index is 1.15. The minimum absolute atomic E-state index is 0.101. The number of rotatable bonds is 4. The molecule has 0 spiro atoms. The molecule has 2 unspecified atom stereocenters. The number of para-hydroxylation sites is 2. The summed E-state index contributed by atoms with van der Waals surface area (Å²) < 4.78 is 2.09. The number of hydrogen-bond donors (Lipinski definition) is 0. The van der Waals surface area contributed by atoms with Crippen LogP contribution in [0.25, 0.3) is 49.7 Å². The number of nitriles is 3. The molecule has 1 aliphatic carbocycles. The Labute approximate surface area is 289 Å². The minimum Gasteiger partial charge on any atom is -0.333 e. The van der Waals surface area contributed by atoms with Gasteiger partial charge in [0.1, 0.15) is 6.07 Å². The fraction of sp³-hybridized carbons (Fsp3) is 0.0444. The molecule has 1 aromatic heterocycles. The van der Waals surface area contributed by atoms with E-state index < -0.39 is 0 Å². The number of nitrogens with zero attached hydrogens (tertiary/aromatic N) is 5. The number of fused-ring (bicyclic) bond motifs is 6. The molecular weight excluding hydrogens is 611 g/mol. The van der Waals surface area contributed by atoms with E-state index in [2.05, 4.69) is 125 Å². The molecule has 0 saturated heterocycles. The summed E-state index contributed by atoms with van der Waals surface area (Å²) in [6.07, 6.45) is 8.67. The first-order valence-corrected chi connectivity index (χ1v) is 16.5. The summed E-state index contributed by atoms with van der Waals surface area (Å²) >= 11 is 0. The van der Waals surface area contributed by atoms with Crippen LogP contribution in [0.1, 0.15) is 28.2 Å². The highest BCUT2D eigenvalue weighted by Gasteiger charge is 2.38. The van der Waals surface area contributed by atoms with Crippen molar-refractivity contribution in [2.45, 2.75) is 12.0 Å². The molecule has 0 fully saturated rings. The first kappa shape index (κ1) is 29.0. The van der Waals surface area contributed by atoms with Gasteiger partial charge in [-0.1, -0.05) is 91.0 Å². The van der Waals surface area contributed by atoms with Crippen molar-refractivity contribution in [2.24, 2.45) is 0 Å². The molecule has 0 radical (unpaired) electrons. The fourth-order valence-electron chi connectivity index (χ4n) is 7.79. The molecule has 232 valence electrons. The fourth-order valence-corrected chi connectivity index (χ4v) is 7.79. The summed E-state index contributed by atoms with van der Waals surface area (Å²) in [5.41, 5.74) is 11.9. The maximum Gasteiger partial charge on any atom is 0.101 e. The maximum atomic E-state index is 10.5. The Morgan fingerprint density at radius 2 is 1.22 bits per heavy atom. The number of aromatic nitrogens is 1. The first-order chi connectivity index (χ1) is 24.7. The number of hydrogen-bond acceptors (Lipinski definition) is 4. The lowest BCUT2D eigenvalue weighted by molar-refractivity contribution is 0.745. The Morgan fingerprint density at radius 1 is 0.500 bits per heavy atom. The van der Waals surface area contributed by atoms with Crippen LogP contribution in [0.15, 0.2) is 152 Å². The lowest BCUT2D eigenvalue weighted by Gasteiger charge is -2.30. The van der Waals surface area contributed by atoms with Gasteiger partial charge in [0.2, 0.25) is 0 Å². The number of allylic oxidation sites excluding steroid dienone is 2. The Hall–Kier alpha value is -7.13. The minimum atomic E-state index is 0.101. The van der Waals surface area contributed by atoms with Crippen LogP contribution in [0.2, 0.25) is 0 Å². The average Bonchev–Trinajstić information content (AvgIpc) is 3.69. The van der Waals surface area contributed by atoms with Crippen LogP contribution >= 0.6 is 0 Å². The second-order valence-electron chi connectivity index (χ2n) is 12.7. The largest absolute Gasteiger partial charge is 0.333 e. The molecule has 0 amide bonds. The van der Waals surface area contributed by atoms with E-state index in [-0.39, 0.29) is 12.0 Å². The zero-order valence-corrected chi connectivity index (χ0v) is 26.8. The first-order valence-electron chi connectivity index (χ1n) is 16.5. The quantitative estimate of drug-likeness (QED) is 0.192. The lowest BCUT2D eigenvalue weighted by Crippen LogP contribution is -2.28. The van der Waals surface area contributed by atoms with Gasteiger partial charge in [0.15, 0.2) is 0 Å². The zero-order chi connectivity index (χ0) is 33.8. The van der Waals surface area contributed by atoms with Crippen LogP contribution < -0.4 is 4.90 Å². The van der Waals surface area contributed by atoms with Crippen molar-refractivity contribution in [3.63, 3.8) is 0 Å². The molecule has 5 nitrogen and oxygen atoms in total. The van der Waals surface area contributed by atoms with Crippen LogP contribution in [0.4, 0.5) is 11.4 Å². The van der Waals surface area contributed by atoms with Gasteiger partial charge in [0.05, 0.1) is 51.6 Å². The second-order valence-corrected chi connectivity index (χ2v) is 12.7. The molecule has 50 heavy (non-hydrogen) atoms. The molecular formula is C45H27N5. The summed E-state index contributed by atoms with van der Waals surface area (Å²) in [5, 5.41) is 31.9. The van der Waals surface area contributed by atoms with E-state index in [4.69, 9.17) is 0 Å². The second kappa shape index (κ2) is 11.5. The third-order valence-electron chi connectivity index (χ3n) is 10.0. The van der Waals surface area contributed by atoms with E-state index in [1.54, 1.807) is 0 Å². The monoisotopic (exact) mass is 637 g/mol. The van der Waals surface area contributed by atoms with Crippen LogP contribution in [0.5, 0.6) is 0 Å². The van der Waals surface area contributed by atoms with E-state index in [1.165, 1.54) is 0 Å². The third kappa shape index (κ3) is 4.45. The van der Waals surface area contributed by atoms with E-state index in [1.807, 2.05) is 54.6 Å². The average molecular weight is 638 g/mol. The Bertz CT molecular complexity index is 2720. The van der Waals surface area contributed by atoms with Gasteiger partial charge < -0.3 is 9.47 Å². The van der Waals surface area contributed by atoms with Crippen LogP contribution in [0.3, 0.4) is 0 Å². The molecule has 1 aliphatic heterocycles. The van der Waals surface area contributed by atoms with Crippen molar-refractivity contribution in [3.8, 4) is 46.1 Å². The molecule has 5 heteroatoms. The normalized spacial score (nSPS) is 15.7. The van der Waals surface area contributed by atoms with Crippen molar-refractivity contribution in [3.05, 3.63) is 174 Å². The van der Waals surface area contributed by atoms with Gasteiger partial charge >= 0.3 is 0 Å². The van der Waals surface area contributed by atoms with Crippen molar-refractivity contribution in [1.29, 1.82) is 15.8 Å². The van der Waals surface area contributed by atoms with E-state index in [0.29, 0.717) is 16.7 Å². The number of anilines is 2. The van der Waals surface area contributed by atoms with Gasteiger partial charge in [-0.3, -0.25) is 0 Å². The molecule has 7 aromatic rings. The molecule has 9 rings (SSSR count). The van der Waals surface area contributed by atoms with E-state index in [9.17, 15) is 15.8 Å². The standard InChI is InChI=1S/C45H27N5/c46-26-29-17-20-44-39(22-29)37-12-3-6-15-43(37)50(44)41-13-4-1-10-35(41)33-9-7-8-31(24-33)32-18-21-40(34(25-32)28-48)49-42-14-5-2-11-36(42)38-19-16-30(27-47)23-45(38)49/h1-25,37,43H. The van der Waals surface area contributed by atoms with Gasteiger partial charge in [0, 0.05) is 33.6 Å². The highest BCUT2D eigenvalue weighted by atomic mass is 15.2. The van der Waals surface area contributed by atoms with Gasteiger partial charge in [0.25, 0.3) is 0 Å². The topological polar surface area (TPSA) is 79.5 Å². The van der Waals surface area contributed by atoms with Crippen LogP contribution in [-0.4, -0.2) is 10.6 Å². The van der Waals surface area contributed by atoms with Crippen molar-refractivity contribution in [1.82, 2.24) is 4.57 Å². The van der Waals surface area contributed by atoms with E-state index in [0.717, 1.165) is 66.7 Å². The highest BCUT2D eigenvalue weighted by molar-refractivity contribution is 6.09. The molecule has 0 N–H and O–H groups in total. The van der Waals surface area contributed by atoms with Crippen molar-refractivity contribution in [2.75, 3.05) is 4.90 Å². The molecule has 6 aromatic carbocycles. The van der Waals surface area contributed by atoms with E-state index >= 15 is 0 Å². The van der Waals surface area contributed by atoms with Gasteiger partial charge in [-0.15, -0.1) is 0 Å². The Kier molecular flexibility index (Phi) is 6.70. The van der Waals surface area contributed by atoms with Crippen LogP contribution in [-0.2, 0) is 0 Å². The molecule has 2 atom stereocenters. The maximum absolute atomic E-state index is 10.5. The third-order valence-corrected chi connectivity index (χ3v) is 10.0. The molecule has 2 heterocycles. The zero-order valence-electron chi connectivity index (χ0n) is 26.8. The summed E-state index contributed by atoms with van der Waals surface area (Å²) in [5.74, 6) is 0.159. The van der Waals surface area contributed by atoms with Crippen molar-refractivity contribution < 1.29 is 0 Å².